The van der Waals surface area contributed by atoms with Crippen molar-refractivity contribution in [3.8, 4) is 17.3 Å². The fourth-order valence-electron chi connectivity index (χ4n) is 4.00. The number of nitrogens with zero attached hydrogens (tertiary/aromatic N) is 6. The predicted octanol–water partition coefficient (Wildman–Crippen LogP) is 5.05. The maximum atomic E-state index is 8.97. The van der Waals surface area contributed by atoms with Crippen LogP contribution in [0.3, 0.4) is 0 Å². The van der Waals surface area contributed by atoms with Gasteiger partial charge in [0.05, 0.1) is 16.3 Å². The van der Waals surface area contributed by atoms with Crippen LogP contribution < -0.4 is 10.2 Å². The largest absolute Gasteiger partial charge is 0.366 e. The van der Waals surface area contributed by atoms with Crippen LogP contribution in [0.2, 0.25) is 10.0 Å². The molecule has 1 aliphatic rings. The topological polar surface area (TPSA) is 82.1 Å². The number of hydrogen-bond donors (Lipinski definition) is 1. The van der Waals surface area contributed by atoms with Crippen molar-refractivity contribution in [2.45, 2.75) is 18.9 Å². The first-order valence-corrected chi connectivity index (χ1v) is 11.0. The smallest absolute Gasteiger partial charge is 0.211 e. The van der Waals surface area contributed by atoms with Gasteiger partial charge in [0.1, 0.15) is 17.5 Å². The molecule has 7 nitrogen and oxygen atoms in total. The molecule has 1 N–H and O–H groups in total. The molecule has 1 unspecified atom stereocenters. The van der Waals surface area contributed by atoms with Gasteiger partial charge in [0.2, 0.25) is 5.95 Å². The van der Waals surface area contributed by atoms with E-state index in [0.29, 0.717) is 15.6 Å². The summed E-state index contributed by atoms with van der Waals surface area (Å²) < 4.78 is 2.00. The average Bonchev–Trinajstić information content (AvgIpc) is 3.28. The second-order valence-electron chi connectivity index (χ2n) is 7.69. The van der Waals surface area contributed by atoms with Crippen LogP contribution in [0.5, 0.6) is 0 Å². The third-order valence-electron chi connectivity index (χ3n) is 5.53. The van der Waals surface area contributed by atoms with Crippen LogP contribution in [-0.2, 0) is 0 Å². The number of aromatic nitrogens is 4. The van der Waals surface area contributed by atoms with Gasteiger partial charge in [0.15, 0.2) is 0 Å². The van der Waals surface area contributed by atoms with Gasteiger partial charge >= 0.3 is 0 Å². The first-order chi connectivity index (χ1) is 15.6. The molecule has 1 saturated heterocycles. The molecule has 32 heavy (non-hydrogen) atoms. The molecule has 0 bridgehead atoms. The van der Waals surface area contributed by atoms with Gasteiger partial charge < -0.3 is 10.2 Å². The average molecular weight is 464 g/mol. The van der Waals surface area contributed by atoms with Gasteiger partial charge in [-0.15, -0.1) is 0 Å². The number of piperidine rings is 1. The molecule has 0 spiro atoms. The molecule has 1 aliphatic heterocycles. The lowest BCUT2D eigenvalue weighted by Crippen LogP contribution is -2.43. The Bertz CT molecular complexity index is 1310. The van der Waals surface area contributed by atoms with E-state index in [1.54, 1.807) is 24.5 Å². The Labute approximate surface area is 195 Å². The zero-order valence-electron chi connectivity index (χ0n) is 17.0. The number of nitriles is 1. The zero-order chi connectivity index (χ0) is 22.1. The minimum Gasteiger partial charge on any atom is -0.366 e. The SMILES string of the molecule is N#Cc1ccc(NC2CCCN(c3nc(-c4ccc(Cl)cc4Cl)cc4nccn34)C2)nc1. The Morgan fingerprint density at radius 2 is 2.03 bits per heavy atom. The van der Waals surface area contributed by atoms with Crippen molar-refractivity contribution < 1.29 is 0 Å². The molecule has 0 saturated carbocycles. The second-order valence-corrected chi connectivity index (χ2v) is 8.54. The highest BCUT2D eigenvalue weighted by atomic mass is 35.5. The van der Waals surface area contributed by atoms with Crippen molar-refractivity contribution in [2.75, 3.05) is 23.3 Å². The first kappa shape index (κ1) is 20.6. The van der Waals surface area contributed by atoms with Crippen molar-refractivity contribution in [3.05, 3.63) is 70.6 Å². The van der Waals surface area contributed by atoms with Crippen LogP contribution in [0.25, 0.3) is 16.9 Å². The first-order valence-electron chi connectivity index (χ1n) is 10.3. The number of benzene rings is 1. The van der Waals surface area contributed by atoms with Crippen molar-refractivity contribution in [1.82, 2.24) is 19.4 Å². The number of rotatable bonds is 4. The second kappa shape index (κ2) is 8.65. The molecule has 0 aliphatic carbocycles. The van der Waals surface area contributed by atoms with E-state index in [1.807, 2.05) is 34.9 Å². The molecule has 0 amide bonds. The molecular weight excluding hydrogens is 445 g/mol. The summed E-state index contributed by atoms with van der Waals surface area (Å²) in [6.07, 6.45) is 7.31. The number of anilines is 2. The van der Waals surface area contributed by atoms with E-state index in [0.717, 1.165) is 54.6 Å². The van der Waals surface area contributed by atoms with Crippen molar-refractivity contribution in [1.29, 1.82) is 5.26 Å². The van der Waals surface area contributed by atoms with Crippen molar-refractivity contribution >= 4 is 40.6 Å². The number of fused-ring (bicyclic) bond motifs is 1. The van der Waals surface area contributed by atoms with Gasteiger partial charge in [-0.2, -0.15) is 5.26 Å². The van der Waals surface area contributed by atoms with Crippen LogP contribution in [0, 0.1) is 11.3 Å². The molecule has 5 rings (SSSR count). The summed E-state index contributed by atoms with van der Waals surface area (Å²) in [5.74, 6) is 1.58. The number of hydrogen-bond acceptors (Lipinski definition) is 6. The number of imidazole rings is 1. The molecule has 3 aromatic heterocycles. The van der Waals surface area contributed by atoms with Crippen LogP contribution in [0.15, 0.2) is 55.0 Å². The third kappa shape index (κ3) is 4.07. The highest BCUT2D eigenvalue weighted by Gasteiger charge is 2.24. The quantitative estimate of drug-likeness (QED) is 0.455. The Morgan fingerprint density at radius 1 is 1.12 bits per heavy atom. The molecule has 1 aromatic carbocycles. The minimum atomic E-state index is 0.201. The van der Waals surface area contributed by atoms with E-state index in [9.17, 15) is 0 Å². The fraction of sp³-hybridized carbons (Fsp3) is 0.217. The molecule has 160 valence electrons. The molecule has 4 aromatic rings. The molecule has 1 fully saturated rings. The zero-order valence-corrected chi connectivity index (χ0v) is 18.6. The van der Waals surface area contributed by atoms with Gasteiger partial charge in [0, 0.05) is 54.4 Å². The highest BCUT2D eigenvalue weighted by molar-refractivity contribution is 6.36. The summed E-state index contributed by atoms with van der Waals surface area (Å²) in [5.41, 5.74) is 2.92. The lowest BCUT2D eigenvalue weighted by molar-refractivity contribution is 0.520. The molecule has 4 heterocycles. The molecule has 0 radical (unpaired) electrons. The van der Waals surface area contributed by atoms with Crippen LogP contribution >= 0.6 is 23.2 Å². The van der Waals surface area contributed by atoms with Crippen LogP contribution in [0.4, 0.5) is 11.8 Å². The Kier molecular flexibility index (Phi) is 5.56. The van der Waals surface area contributed by atoms with Gasteiger partial charge in [-0.3, -0.25) is 4.40 Å². The highest BCUT2D eigenvalue weighted by Crippen LogP contribution is 2.32. The standard InChI is InChI=1S/C23H19Cl2N7/c24-16-4-5-18(19(25)10-16)20-11-22-27-7-9-32(22)23(30-20)31-8-1-2-17(14-31)29-21-6-3-15(12-26)13-28-21/h3-7,9-11,13,17H,1-2,8,14H2,(H,28,29). The molecule has 9 heteroatoms. The summed E-state index contributed by atoms with van der Waals surface area (Å²) in [4.78, 5) is 16.1. The lowest BCUT2D eigenvalue weighted by Gasteiger charge is -2.34. The van der Waals surface area contributed by atoms with Crippen molar-refractivity contribution in [2.24, 2.45) is 0 Å². The normalized spacial score (nSPS) is 16.2. The summed E-state index contributed by atoms with van der Waals surface area (Å²) in [6, 6.07) is 13.3. The summed E-state index contributed by atoms with van der Waals surface area (Å²) in [6.45, 7) is 1.65. The number of halogens is 2. The van der Waals surface area contributed by atoms with E-state index in [2.05, 4.69) is 26.3 Å². The van der Waals surface area contributed by atoms with E-state index in [1.165, 1.54) is 0 Å². The summed E-state index contributed by atoms with van der Waals surface area (Å²) >= 11 is 12.5. The monoisotopic (exact) mass is 463 g/mol. The summed E-state index contributed by atoms with van der Waals surface area (Å²) in [5, 5.41) is 13.6. The fourth-order valence-corrected chi connectivity index (χ4v) is 4.50. The van der Waals surface area contributed by atoms with Gasteiger partial charge in [0.25, 0.3) is 0 Å². The number of nitrogens with one attached hydrogen (secondary N) is 1. The predicted molar refractivity (Wildman–Crippen MR) is 126 cm³/mol. The number of pyridine rings is 1. The van der Waals surface area contributed by atoms with Gasteiger partial charge in [-0.25, -0.2) is 15.0 Å². The van der Waals surface area contributed by atoms with Crippen LogP contribution in [-0.4, -0.2) is 38.5 Å². The Morgan fingerprint density at radius 3 is 2.81 bits per heavy atom. The third-order valence-corrected chi connectivity index (χ3v) is 6.07. The van der Waals surface area contributed by atoms with Gasteiger partial charge in [-0.05, 0) is 43.2 Å². The minimum absolute atomic E-state index is 0.201. The molecule has 1 atom stereocenters. The Hall–Kier alpha value is -3.34. The molecular formula is C23H19Cl2N7. The van der Waals surface area contributed by atoms with Gasteiger partial charge in [-0.1, -0.05) is 23.2 Å². The van der Waals surface area contributed by atoms with Crippen molar-refractivity contribution in [3.63, 3.8) is 0 Å². The van der Waals surface area contributed by atoms with E-state index in [4.69, 9.17) is 33.4 Å². The Balaban J connectivity index is 1.45. The van der Waals surface area contributed by atoms with E-state index in [-0.39, 0.29) is 6.04 Å². The van der Waals surface area contributed by atoms with E-state index >= 15 is 0 Å². The van der Waals surface area contributed by atoms with E-state index < -0.39 is 0 Å². The maximum Gasteiger partial charge on any atom is 0.211 e. The lowest BCUT2D eigenvalue weighted by atomic mass is 10.1. The summed E-state index contributed by atoms with van der Waals surface area (Å²) in [7, 11) is 0. The maximum absolute atomic E-state index is 8.97. The van der Waals surface area contributed by atoms with Crippen LogP contribution in [0.1, 0.15) is 18.4 Å².